The molecule has 3 aliphatic carbocycles. The third-order valence-electron chi connectivity index (χ3n) is 8.45. The number of carbonyl (C=O) groups excluding carboxylic acids is 4. The number of nitrogens with one attached hydrogen (secondary N) is 2. The molecule has 5 rings (SSSR count). The quantitative estimate of drug-likeness (QED) is 0.318. The van der Waals surface area contributed by atoms with Gasteiger partial charge in [-0.3, -0.25) is 19.2 Å². The number of esters is 1. The van der Waals surface area contributed by atoms with Crippen LogP contribution in [0.15, 0.2) is 12.1 Å². The summed E-state index contributed by atoms with van der Waals surface area (Å²) in [5.74, 6) is -4.84. The summed E-state index contributed by atoms with van der Waals surface area (Å²) in [5.41, 5.74) is 9.35. The molecule has 4 N–H and O–H groups in total. The SMILES string of the molecule is CC1(C)CC(=O)c2c3c(n(-c4cc(F)c(C(N)=O)c(NC5CCC(OC(=O)CNC(=O)C(F)(F)F)CC5)c4)c2C1)CCC3. The third kappa shape index (κ3) is 6.25. The van der Waals surface area contributed by atoms with E-state index in [4.69, 9.17) is 10.5 Å². The highest BCUT2D eigenvalue weighted by molar-refractivity contribution is 6.01. The number of hydrogen-bond donors (Lipinski definition) is 3. The average molecular weight is 607 g/mol. The highest BCUT2D eigenvalue weighted by Crippen LogP contribution is 2.43. The van der Waals surface area contributed by atoms with Gasteiger partial charge in [0.1, 0.15) is 18.5 Å². The van der Waals surface area contributed by atoms with Crippen LogP contribution >= 0.6 is 0 Å². The van der Waals surface area contributed by atoms with Crippen LogP contribution in [0.5, 0.6) is 0 Å². The molecule has 2 amide bonds. The summed E-state index contributed by atoms with van der Waals surface area (Å²) in [6.45, 7) is 3.17. The van der Waals surface area contributed by atoms with E-state index in [1.54, 1.807) is 6.07 Å². The van der Waals surface area contributed by atoms with Crippen LogP contribution in [0.2, 0.25) is 0 Å². The zero-order valence-electron chi connectivity index (χ0n) is 24.0. The molecule has 0 spiro atoms. The Bertz CT molecular complexity index is 1490. The summed E-state index contributed by atoms with van der Waals surface area (Å²) in [6, 6.07) is 2.73. The number of benzene rings is 1. The van der Waals surface area contributed by atoms with Crippen molar-refractivity contribution >= 4 is 29.3 Å². The minimum Gasteiger partial charge on any atom is -0.461 e. The molecule has 1 heterocycles. The van der Waals surface area contributed by atoms with Gasteiger partial charge < -0.3 is 25.7 Å². The van der Waals surface area contributed by atoms with Crippen molar-refractivity contribution in [1.29, 1.82) is 0 Å². The van der Waals surface area contributed by atoms with Crippen LogP contribution in [0, 0.1) is 11.2 Å². The molecule has 1 saturated carbocycles. The van der Waals surface area contributed by atoms with Crippen molar-refractivity contribution in [3.8, 4) is 5.69 Å². The summed E-state index contributed by atoms with van der Waals surface area (Å²) >= 11 is 0. The van der Waals surface area contributed by atoms with Crippen LogP contribution in [0.4, 0.5) is 23.2 Å². The molecule has 1 fully saturated rings. The largest absolute Gasteiger partial charge is 0.471 e. The molecule has 3 aliphatic rings. The number of amides is 2. The Hall–Kier alpha value is -3.90. The lowest BCUT2D eigenvalue weighted by atomic mass is 9.75. The molecule has 2 aromatic rings. The fourth-order valence-corrected chi connectivity index (χ4v) is 6.65. The molecular formula is C30H34F4N4O5. The first-order valence-electron chi connectivity index (χ1n) is 14.4. The van der Waals surface area contributed by atoms with Gasteiger partial charge in [0.05, 0.1) is 16.9 Å². The number of hydrogen-bond acceptors (Lipinski definition) is 6. The van der Waals surface area contributed by atoms with E-state index in [1.165, 1.54) is 11.4 Å². The number of anilines is 1. The van der Waals surface area contributed by atoms with Gasteiger partial charge in [0.2, 0.25) is 0 Å². The molecule has 232 valence electrons. The predicted molar refractivity (Wildman–Crippen MR) is 148 cm³/mol. The maximum Gasteiger partial charge on any atom is 0.471 e. The molecular weight excluding hydrogens is 572 g/mol. The number of rotatable bonds is 7. The van der Waals surface area contributed by atoms with E-state index in [-0.39, 0.29) is 28.5 Å². The number of nitrogens with zero attached hydrogens (tertiary/aromatic N) is 1. The fourth-order valence-electron chi connectivity index (χ4n) is 6.65. The molecule has 0 atom stereocenters. The number of halogens is 4. The van der Waals surface area contributed by atoms with Crippen molar-refractivity contribution in [2.75, 3.05) is 11.9 Å². The lowest BCUT2D eigenvalue weighted by Crippen LogP contribution is -2.41. The smallest absolute Gasteiger partial charge is 0.461 e. The normalized spacial score (nSPS) is 21.1. The summed E-state index contributed by atoms with van der Waals surface area (Å²) in [7, 11) is 0. The second kappa shape index (κ2) is 11.3. The molecule has 0 radical (unpaired) electrons. The standard InChI is InChI=1S/C30H34F4N4O5/c1-29(2)12-22-25(23(39)13-29)18-4-3-5-21(18)38(22)16-10-19(31)26(27(35)41)20(11-16)37-15-6-8-17(9-7-15)43-24(40)14-36-28(42)30(32,33)34/h10-11,15,17,37H,3-9,12-14H2,1-2H3,(H2,35,41)(H,36,42). The van der Waals surface area contributed by atoms with Crippen molar-refractivity contribution < 1.29 is 41.5 Å². The molecule has 0 unspecified atom stereocenters. The third-order valence-corrected chi connectivity index (χ3v) is 8.45. The number of ether oxygens (including phenoxy) is 1. The van der Waals surface area contributed by atoms with E-state index in [1.807, 2.05) is 18.4 Å². The van der Waals surface area contributed by atoms with E-state index in [9.17, 15) is 32.3 Å². The van der Waals surface area contributed by atoms with Gasteiger partial charge in [-0.2, -0.15) is 13.2 Å². The van der Waals surface area contributed by atoms with Crippen molar-refractivity contribution in [2.24, 2.45) is 11.1 Å². The molecule has 0 aliphatic heterocycles. The van der Waals surface area contributed by atoms with Crippen LogP contribution in [0.25, 0.3) is 5.69 Å². The first-order chi connectivity index (χ1) is 20.1. The summed E-state index contributed by atoms with van der Waals surface area (Å²) < 4.78 is 59.7. The number of alkyl halides is 3. The van der Waals surface area contributed by atoms with Crippen molar-refractivity contribution in [1.82, 2.24) is 9.88 Å². The van der Waals surface area contributed by atoms with Gasteiger partial charge in [0, 0.05) is 29.4 Å². The van der Waals surface area contributed by atoms with Crippen molar-refractivity contribution in [3.63, 3.8) is 0 Å². The van der Waals surface area contributed by atoms with Crippen LogP contribution in [-0.4, -0.2) is 53.0 Å². The van der Waals surface area contributed by atoms with Crippen LogP contribution in [0.3, 0.4) is 0 Å². The Labute approximate surface area is 245 Å². The number of fused-ring (bicyclic) bond motifs is 3. The van der Waals surface area contributed by atoms with E-state index in [0.29, 0.717) is 44.2 Å². The molecule has 1 aromatic heterocycles. The molecule has 43 heavy (non-hydrogen) atoms. The molecule has 9 nitrogen and oxygen atoms in total. The van der Waals surface area contributed by atoms with Crippen LogP contribution < -0.4 is 16.4 Å². The summed E-state index contributed by atoms with van der Waals surface area (Å²) in [6.07, 6.45) is -0.523. The Morgan fingerprint density at radius 3 is 2.42 bits per heavy atom. The maximum absolute atomic E-state index is 15.5. The van der Waals surface area contributed by atoms with Gasteiger partial charge in [0.25, 0.3) is 5.91 Å². The topological polar surface area (TPSA) is 133 Å². The lowest BCUT2D eigenvalue weighted by Gasteiger charge is -2.31. The number of ketones is 1. The van der Waals surface area contributed by atoms with E-state index in [2.05, 4.69) is 5.32 Å². The minimum atomic E-state index is -5.10. The van der Waals surface area contributed by atoms with Gasteiger partial charge in [-0.25, -0.2) is 4.39 Å². The van der Waals surface area contributed by atoms with Gasteiger partial charge in [-0.15, -0.1) is 0 Å². The lowest BCUT2D eigenvalue weighted by molar-refractivity contribution is -0.174. The van der Waals surface area contributed by atoms with E-state index >= 15 is 4.39 Å². The zero-order chi connectivity index (χ0) is 31.3. The highest BCUT2D eigenvalue weighted by atomic mass is 19.4. The molecule has 1 aromatic carbocycles. The summed E-state index contributed by atoms with van der Waals surface area (Å²) in [4.78, 5) is 48.3. The summed E-state index contributed by atoms with van der Waals surface area (Å²) in [5, 5.41) is 4.72. The minimum absolute atomic E-state index is 0.0934. The number of carbonyl (C=O) groups is 4. The maximum atomic E-state index is 15.5. The predicted octanol–water partition coefficient (Wildman–Crippen LogP) is 4.30. The second-order valence-corrected chi connectivity index (χ2v) is 12.4. The number of primary amides is 1. The van der Waals surface area contributed by atoms with Crippen LogP contribution in [-0.2, 0) is 33.6 Å². The first kappa shape index (κ1) is 30.6. The Morgan fingerprint density at radius 1 is 1.07 bits per heavy atom. The number of nitrogens with two attached hydrogens (primary N) is 1. The average Bonchev–Trinajstić information content (AvgIpc) is 3.46. The Morgan fingerprint density at radius 2 is 1.77 bits per heavy atom. The van der Waals surface area contributed by atoms with Crippen LogP contribution in [0.1, 0.15) is 90.0 Å². The Kier molecular flexibility index (Phi) is 8.03. The molecule has 13 heteroatoms. The Balaban J connectivity index is 1.34. The first-order valence-corrected chi connectivity index (χ1v) is 14.4. The highest BCUT2D eigenvalue weighted by Gasteiger charge is 2.40. The number of Topliss-reactive ketones (excluding diaryl/α,β-unsaturated/α-hetero) is 1. The number of aromatic nitrogens is 1. The molecule has 0 bridgehead atoms. The van der Waals surface area contributed by atoms with Gasteiger partial charge in [-0.05, 0) is 74.5 Å². The van der Waals surface area contributed by atoms with E-state index < -0.39 is 42.4 Å². The van der Waals surface area contributed by atoms with E-state index in [0.717, 1.165) is 41.8 Å². The van der Waals surface area contributed by atoms with Gasteiger partial charge >= 0.3 is 18.1 Å². The second-order valence-electron chi connectivity index (χ2n) is 12.4. The van der Waals surface area contributed by atoms with Crippen molar-refractivity contribution in [2.45, 2.75) is 90.0 Å². The van der Waals surface area contributed by atoms with Gasteiger partial charge in [0.15, 0.2) is 5.78 Å². The van der Waals surface area contributed by atoms with Gasteiger partial charge in [-0.1, -0.05) is 13.8 Å². The van der Waals surface area contributed by atoms with Crippen molar-refractivity contribution in [3.05, 3.63) is 46.0 Å². The monoisotopic (exact) mass is 606 g/mol. The zero-order valence-corrected chi connectivity index (χ0v) is 24.0. The fraction of sp³-hybridized carbons (Fsp3) is 0.533. The molecule has 0 saturated heterocycles.